The summed E-state index contributed by atoms with van der Waals surface area (Å²) >= 11 is 0. The Balaban J connectivity index is 3.32. The summed E-state index contributed by atoms with van der Waals surface area (Å²) in [6.45, 7) is 4.99. The van der Waals surface area contributed by atoms with Crippen molar-refractivity contribution in [1.29, 1.82) is 0 Å². The van der Waals surface area contributed by atoms with Gasteiger partial charge in [0.05, 0.1) is 0 Å². The Morgan fingerprint density at radius 2 is 2.29 bits per heavy atom. The van der Waals surface area contributed by atoms with E-state index in [1.807, 2.05) is 0 Å². The second kappa shape index (κ2) is 2.29. The van der Waals surface area contributed by atoms with Gasteiger partial charge in [0.25, 0.3) is 0 Å². The molecule has 0 aliphatic heterocycles. The normalized spacial score (nSPS) is 7.57. The van der Waals surface area contributed by atoms with Crippen molar-refractivity contribution in [3.05, 3.63) is 18.6 Å². The third kappa shape index (κ3) is 5.08. The van der Waals surface area contributed by atoms with Crippen LogP contribution in [-0.2, 0) is 4.79 Å². The van der Waals surface area contributed by atoms with Gasteiger partial charge in [-0.3, -0.25) is 0 Å². The molecule has 0 fully saturated rings. The second-order valence-electron chi connectivity index (χ2n) is 1.33. The Hall–Kier alpha value is -0.920. The first-order chi connectivity index (χ1) is 3.13. The number of hydrogen-bond donors (Lipinski definition) is 1. The molecule has 2 heteroatoms. The lowest BCUT2D eigenvalue weighted by Crippen LogP contribution is -1.94. The zero-order chi connectivity index (χ0) is 5.86. The van der Waals surface area contributed by atoms with E-state index in [9.17, 15) is 4.79 Å². The highest BCUT2D eigenvalue weighted by molar-refractivity contribution is 5.80. The second-order valence-corrected chi connectivity index (χ2v) is 1.33. The molecular weight excluding hydrogens is 92.1 g/mol. The molecule has 1 N–H and O–H groups in total. The van der Waals surface area contributed by atoms with Gasteiger partial charge in [-0.1, -0.05) is 0 Å². The van der Waals surface area contributed by atoms with Crippen LogP contribution in [0.2, 0.25) is 0 Å². The summed E-state index contributed by atoms with van der Waals surface area (Å²) < 4.78 is 0. The summed E-state index contributed by atoms with van der Waals surface area (Å²) in [4.78, 5) is 9.69. The van der Waals surface area contributed by atoms with Gasteiger partial charge in [0.2, 0.25) is 0 Å². The number of aliphatic carboxylic acids is 1. The Kier molecular flexibility index (Phi) is 1.99. The molecular formula is C5H7O2+. The molecule has 7 heavy (non-hydrogen) atoms. The summed E-state index contributed by atoms with van der Waals surface area (Å²) in [5, 5.41) is 7.97. The molecule has 0 unspecified atom stereocenters. The zero-order valence-electron chi connectivity index (χ0n) is 4.14. The number of rotatable bonds is 2. The van der Waals surface area contributed by atoms with Crippen LogP contribution in [0, 0.1) is 6.42 Å². The molecule has 0 radical (unpaired) electrons. The zero-order valence-corrected chi connectivity index (χ0v) is 4.14. The van der Waals surface area contributed by atoms with Gasteiger partial charge in [-0.25, -0.2) is 4.79 Å². The maximum absolute atomic E-state index is 9.69. The minimum Gasteiger partial charge on any atom is -0.463 e. The van der Waals surface area contributed by atoms with E-state index in [1.54, 1.807) is 6.92 Å². The highest BCUT2D eigenvalue weighted by Crippen LogP contribution is 1.90. The molecule has 0 heterocycles. The minimum atomic E-state index is -0.937. The van der Waals surface area contributed by atoms with Crippen LogP contribution >= 0.6 is 0 Å². The molecule has 0 aliphatic carbocycles. The van der Waals surface area contributed by atoms with Crippen molar-refractivity contribution < 1.29 is 9.90 Å². The SMILES string of the molecule is C=C(C)[CH+]C(=O)O. The lowest BCUT2D eigenvalue weighted by atomic mass is 10.2. The van der Waals surface area contributed by atoms with E-state index < -0.39 is 5.97 Å². The molecule has 0 aromatic heterocycles. The van der Waals surface area contributed by atoms with Gasteiger partial charge in [-0.05, 0) is 6.92 Å². The average Bonchev–Trinajstić information content (AvgIpc) is 1.27. The van der Waals surface area contributed by atoms with Crippen LogP contribution in [0.3, 0.4) is 0 Å². The molecule has 0 saturated carbocycles. The van der Waals surface area contributed by atoms with Gasteiger partial charge in [0.1, 0.15) is 5.57 Å². The molecule has 0 aromatic rings. The van der Waals surface area contributed by atoms with Crippen LogP contribution in [0.5, 0.6) is 0 Å². The largest absolute Gasteiger partial charge is 0.463 e. The van der Waals surface area contributed by atoms with Gasteiger partial charge in [0, 0.05) is 6.58 Å². The smallest absolute Gasteiger partial charge is 0.413 e. The van der Waals surface area contributed by atoms with Crippen LogP contribution in [0.1, 0.15) is 6.92 Å². The van der Waals surface area contributed by atoms with Gasteiger partial charge in [0.15, 0.2) is 6.42 Å². The van der Waals surface area contributed by atoms with E-state index in [0.29, 0.717) is 5.57 Å². The molecule has 0 atom stereocenters. The van der Waals surface area contributed by atoms with Gasteiger partial charge >= 0.3 is 5.97 Å². The minimum absolute atomic E-state index is 0.563. The maximum Gasteiger partial charge on any atom is 0.413 e. The van der Waals surface area contributed by atoms with Gasteiger partial charge in [-0.2, -0.15) is 0 Å². The Labute approximate surface area is 42.5 Å². The third-order valence-electron chi connectivity index (χ3n) is 0.370. The number of carboxylic acid groups (broad SMARTS) is 1. The van der Waals surface area contributed by atoms with Crippen molar-refractivity contribution >= 4 is 5.97 Å². The van der Waals surface area contributed by atoms with Crippen molar-refractivity contribution in [1.82, 2.24) is 0 Å². The molecule has 0 bridgehead atoms. The monoisotopic (exact) mass is 99.0 g/mol. The fourth-order valence-electron chi connectivity index (χ4n) is 0.211. The first kappa shape index (κ1) is 6.08. The molecule has 0 aromatic carbocycles. The molecule has 38 valence electrons. The Morgan fingerprint density at radius 1 is 1.86 bits per heavy atom. The summed E-state index contributed by atoms with van der Waals surface area (Å²) in [7, 11) is 0. The fourth-order valence-corrected chi connectivity index (χ4v) is 0.211. The average molecular weight is 99.1 g/mol. The number of carbonyl (C=O) groups is 1. The van der Waals surface area contributed by atoms with Crippen molar-refractivity contribution in [2.24, 2.45) is 0 Å². The van der Waals surface area contributed by atoms with E-state index in [4.69, 9.17) is 5.11 Å². The van der Waals surface area contributed by atoms with E-state index in [1.165, 1.54) is 0 Å². The molecule has 2 nitrogen and oxygen atoms in total. The summed E-state index contributed by atoms with van der Waals surface area (Å²) in [6.07, 6.45) is 1.06. The summed E-state index contributed by atoms with van der Waals surface area (Å²) in [6, 6.07) is 0. The molecule has 0 saturated heterocycles. The van der Waals surface area contributed by atoms with Gasteiger partial charge < -0.3 is 5.11 Å². The molecule has 0 aliphatic rings. The van der Waals surface area contributed by atoms with Crippen molar-refractivity contribution in [2.45, 2.75) is 6.92 Å². The van der Waals surface area contributed by atoms with Crippen molar-refractivity contribution in [3.63, 3.8) is 0 Å². The summed E-state index contributed by atoms with van der Waals surface area (Å²) in [5.41, 5.74) is 0.563. The van der Waals surface area contributed by atoms with Crippen LogP contribution < -0.4 is 0 Å². The lowest BCUT2D eigenvalue weighted by Gasteiger charge is -1.76. The highest BCUT2D eigenvalue weighted by Gasteiger charge is 2.03. The predicted octanol–water partition coefficient (Wildman–Crippen LogP) is 0.851. The lowest BCUT2D eigenvalue weighted by molar-refractivity contribution is -0.132. The summed E-state index contributed by atoms with van der Waals surface area (Å²) in [5.74, 6) is -0.937. The van der Waals surface area contributed by atoms with Crippen molar-refractivity contribution in [3.8, 4) is 0 Å². The first-order valence-electron chi connectivity index (χ1n) is 1.86. The van der Waals surface area contributed by atoms with Crippen LogP contribution in [0.25, 0.3) is 0 Å². The van der Waals surface area contributed by atoms with E-state index in [0.717, 1.165) is 6.42 Å². The topological polar surface area (TPSA) is 37.3 Å². The molecule has 0 spiro atoms. The molecule has 0 rings (SSSR count). The predicted molar refractivity (Wildman–Crippen MR) is 26.7 cm³/mol. The first-order valence-corrected chi connectivity index (χ1v) is 1.86. The quantitative estimate of drug-likeness (QED) is 0.521. The maximum atomic E-state index is 9.69. The Morgan fingerprint density at radius 3 is 2.29 bits per heavy atom. The molecule has 0 amide bonds. The van der Waals surface area contributed by atoms with Crippen LogP contribution in [0.4, 0.5) is 0 Å². The highest BCUT2D eigenvalue weighted by atomic mass is 16.4. The van der Waals surface area contributed by atoms with E-state index in [2.05, 4.69) is 6.58 Å². The van der Waals surface area contributed by atoms with Crippen LogP contribution in [0.15, 0.2) is 12.2 Å². The van der Waals surface area contributed by atoms with Crippen LogP contribution in [-0.4, -0.2) is 11.1 Å². The number of carboxylic acids is 1. The van der Waals surface area contributed by atoms with Gasteiger partial charge in [-0.15, -0.1) is 0 Å². The standard InChI is InChI=1S/C5H6O2/c1-4(2)3-5(6)7/h3H,1H2,2H3/p+1. The fraction of sp³-hybridized carbons (Fsp3) is 0.200. The van der Waals surface area contributed by atoms with Crippen molar-refractivity contribution in [2.75, 3.05) is 0 Å². The Bertz CT molecular complexity index is 82.3. The third-order valence-corrected chi connectivity index (χ3v) is 0.370. The number of hydrogen-bond acceptors (Lipinski definition) is 1. The van der Waals surface area contributed by atoms with E-state index >= 15 is 0 Å². The van der Waals surface area contributed by atoms with E-state index in [-0.39, 0.29) is 0 Å².